The fraction of sp³-hybridized carbons (Fsp3) is 0.294. The van der Waals surface area contributed by atoms with Crippen LogP contribution >= 0.6 is 23.1 Å². The molecule has 0 saturated carbocycles. The number of thiophene rings is 1. The van der Waals surface area contributed by atoms with Gasteiger partial charge in [-0.15, -0.1) is 23.1 Å². The number of nitro benzene ring substituents is 1. The van der Waals surface area contributed by atoms with Gasteiger partial charge in [0.25, 0.3) is 0 Å². The third kappa shape index (κ3) is 4.97. The summed E-state index contributed by atoms with van der Waals surface area (Å²) in [5.41, 5.74) is 1.10. The summed E-state index contributed by atoms with van der Waals surface area (Å²) in [6.07, 6.45) is 0.806. The fourth-order valence-electron chi connectivity index (χ4n) is 2.18. The predicted octanol–water partition coefficient (Wildman–Crippen LogP) is 3.97. The first-order valence-electron chi connectivity index (χ1n) is 7.70. The van der Waals surface area contributed by atoms with Crippen LogP contribution in [-0.2, 0) is 17.0 Å². The molecule has 9 heteroatoms. The van der Waals surface area contributed by atoms with E-state index in [4.69, 9.17) is 10.00 Å². The van der Waals surface area contributed by atoms with Crippen molar-refractivity contribution in [2.45, 2.75) is 19.1 Å². The van der Waals surface area contributed by atoms with Gasteiger partial charge in [-0.05, 0) is 24.1 Å². The number of nitrogens with one attached hydrogen (secondary N) is 1. The maximum Gasteiger partial charge on any atom is 0.311 e. The molecule has 0 aliphatic carbocycles. The zero-order valence-corrected chi connectivity index (χ0v) is 15.9. The number of anilines is 1. The molecule has 7 nitrogen and oxygen atoms in total. The number of hydrogen-bond donors (Lipinski definition) is 1. The topological polar surface area (TPSA) is 105 Å². The van der Waals surface area contributed by atoms with Gasteiger partial charge in [0, 0.05) is 16.7 Å². The van der Waals surface area contributed by atoms with E-state index in [0.717, 1.165) is 16.9 Å². The number of thioether (sulfide) groups is 1. The third-order valence-corrected chi connectivity index (χ3v) is 5.65. The molecule has 0 fully saturated rings. The van der Waals surface area contributed by atoms with Crippen molar-refractivity contribution in [3.05, 3.63) is 50.4 Å². The van der Waals surface area contributed by atoms with Crippen LogP contribution in [0.3, 0.4) is 0 Å². The summed E-state index contributed by atoms with van der Waals surface area (Å²) in [7, 11) is 1.38. The molecule has 136 valence electrons. The molecule has 0 spiro atoms. The van der Waals surface area contributed by atoms with Crippen LogP contribution in [0.4, 0.5) is 10.7 Å². The van der Waals surface area contributed by atoms with Gasteiger partial charge in [0.1, 0.15) is 11.1 Å². The van der Waals surface area contributed by atoms with Crippen LogP contribution in [0.2, 0.25) is 0 Å². The normalized spacial score (nSPS) is 10.2. The van der Waals surface area contributed by atoms with Crippen molar-refractivity contribution in [2.75, 3.05) is 18.2 Å². The van der Waals surface area contributed by atoms with Crippen molar-refractivity contribution in [1.82, 2.24) is 0 Å². The highest BCUT2D eigenvalue weighted by Gasteiger charge is 2.16. The number of methoxy groups -OCH3 is 1. The quantitative estimate of drug-likeness (QED) is 0.539. The number of benzene rings is 1. The van der Waals surface area contributed by atoms with Crippen molar-refractivity contribution < 1.29 is 14.5 Å². The molecule has 0 bridgehead atoms. The average Bonchev–Trinajstić information content (AvgIpc) is 3.03. The van der Waals surface area contributed by atoms with Crippen molar-refractivity contribution in [3.63, 3.8) is 0 Å². The number of aryl methyl sites for hydroxylation is 1. The summed E-state index contributed by atoms with van der Waals surface area (Å²) in [5, 5.41) is 23.5. The molecule has 2 rings (SSSR count). The molecule has 0 unspecified atom stereocenters. The lowest BCUT2D eigenvalue weighted by Crippen LogP contribution is -2.13. The van der Waals surface area contributed by atoms with Crippen LogP contribution in [0, 0.1) is 21.4 Å². The van der Waals surface area contributed by atoms with Gasteiger partial charge >= 0.3 is 5.69 Å². The number of ether oxygens (including phenoxy) is 1. The first kappa shape index (κ1) is 19.8. The van der Waals surface area contributed by atoms with Gasteiger partial charge in [-0.25, -0.2) is 0 Å². The molecule has 1 amide bonds. The molecule has 0 atom stereocenters. The van der Waals surface area contributed by atoms with Crippen molar-refractivity contribution >= 4 is 39.7 Å². The molecule has 0 aliphatic rings. The van der Waals surface area contributed by atoms with E-state index in [1.54, 1.807) is 18.2 Å². The second-order valence-electron chi connectivity index (χ2n) is 5.23. The van der Waals surface area contributed by atoms with Crippen LogP contribution in [0.5, 0.6) is 5.75 Å². The Labute approximate surface area is 159 Å². The van der Waals surface area contributed by atoms with E-state index in [2.05, 4.69) is 11.4 Å². The monoisotopic (exact) mass is 391 g/mol. The molecule has 26 heavy (non-hydrogen) atoms. The zero-order chi connectivity index (χ0) is 19.1. The highest BCUT2D eigenvalue weighted by Crippen LogP contribution is 2.30. The lowest BCUT2D eigenvalue weighted by Gasteiger charge is -2.06. The first-order valence-corrected chi connectivity index (χ1v) is 9.67. The second kappa shape index (κ2) is 9.22. The van der Waals surface area contributed by atoms with Gasteiger partial charge in [0.05, 0.1) is 23.3 Å². The lowest BCUT2D eigenvalue weighted by molar-refractivity contribution is -0.385. The minimum Gasteiger partial charge on any atom is -0.490 e. The Morgan fingerprint density at radius 3 is 2.85 bits per heavy atom. The molecule has 1 heterocycles. The highest BCUT2D eigenvalue weighted by atomic mass is 32.2. The van der Waals surface area contributed by atoms with Gasteiger partial charge < -0.3 is 10.1 Å². The van der Waals surface area contributed by atoms with Gasteiger partial charge in [0.15, 0.2) is 5.75 Å². The summed E-state index contributed by atoms with van der Waals surface area (Å²) < 4.78 is 4.97. The number of nitrogens with zero attached hydrogens (tertiary/aromatic N) is 2. The van der Waals surface area contributed by atoms with E-state index < -0.39 is 4.92 Å². The molecular formula is C17H17N3O4S2. The van der Waals surface area contributed by atoms with E-state index in [1.807, 2.05) is 6.92 Å². The fourth-order valence-corrected chi connectivity index (χ4v) is 3.92. The average molecular weight is 391 g/mol. The van der Waals surface area contributed by atoms with E-state index in [0.29, 0.717) is 16.3 Å². The maximum absolute atomic E-state index is 12.1. The van der Waals surface area contributed by atoms with Crippen molar-refractivity contribution in [3.8, 4) is 11.8 Å². The summed E-state index contributed by atoms with van der Waals surface area (Å²) in [4.78, 5) is 23.7. The Hall–Kier alpha value is -2.57. The standard InChI is InChI=1S/C17H17N3O4S2/c1-3-13-7-12(8-18)17(26-13)19-16(21)10-25-9-11-4-5-15(24-2)14(6-11)20(22)23/h4-7H,3,9-10H2,1-2H3,(H,19,21). The smallest absolute Gasteiger partial charge is 0.311 e. The Morgan fingerprint density at radius 1 is 1.46 bits per heavy atom. The summed E-state index contributed by atoms with van der Waals surface area (Å²) in [5.74, 6) is 0.631. The molecule has 1 aromatic heterocycles. The number of carbonyl (C=O) groups is 1. The molecular weight excluding hydrogens is 374 g/mol. The van der Waals surface area contributed by atoms with Crippen molar-refractivity contribution in [1.29, 1.82) is 5.26 Å². The predicted molar refractivity (Wildman–Crippen MR) is 103 cm³/mol. The number of hydrogen-bond acceptors (Lipinski definition) is 7. The maximum atomic E-state index is 12.1. The Morgan fingerprint density at radius 2 is 2.23 bits per heavy atom. The Kier molecular flexibility index (Phi) is 7.00. The second-order valence-corrected chi connectivity index (χ2v) is 7.35. The molecule has 0 radical (unpaired) electrons. The van der Waals surface area contributed by atoms with Gasteiger partial charge in [-0.2, -0.15) is 5.26 Å². The number of rotatable bonds is 8. The zero-order valence-electron chi connectivity index (χ0n) is 14.3. The Balaban J connectivity index is 1.93. The van der Waals surface area contributed by atoms with Crippen LogP contribution in [0.1, 0.15) is 22.9 Å². The number of nitriles is 1. The van der Waals surface area contributed by atoms with Crippen LogP contribution in [0.15, 0.2) is 24.3 Å². The molecule has 0 saturated heterocycles. The number of nitro groups is 1. The molecule has 0 aliphatic heterocycles. The van der Waals surface area contributed by atoms with E-state index in [9.17, 15) is 14.9 Å². The molecule has 1 aromatic carbocycles. The van der Waals surface area contributed by atoms with Crippen LogP contribution < -0.4 is 10.1 Å². The van der Waals surface area contributed by atoms with Gasteiger partial charge in [0.2, 0.25) is 5.91 Å². The van der Waals surface area contributed by atoms with Gasteiger partial charge in [-0.3, -0.25) is 14.9 Å². The number of carbonyl (C=O) groups excluding carboxylic acids is 1. The summed E-state index contributed by atoms with van der Waals surface area (Å²) in [6.45, 7) is 1.99. The highest BCUT2D eigenvalue weighted by molar-refractivity contribution is 7.99. The van der Waals surface area contributed by atoms with Crippen LogP contribution in [-0.4, -0.2) is 23.7 Å². The first-order chi connectivity index (χ1) is 12.5. The van der Waals surface area contributed by atoms with Crippen LogP contribution in [0.25, 0.3) is 0 Å². The largest absolute Gasteiger partial charge is 0.490 e. The Bertz CT molecular complexity index is 858. The molecule has 1 N–H and O–H groups in total. The summed E-state index contributed by atoms with van der Waals surface area (Å²) >= 11 is 2.74. The van der Waals surface area contributed by atoms with E-state index in [-0.39, 0.29) is 23.1 Å². The molecule has 2 aromatic rings. The minimum atomic E-state index is -0.495. The number of amides is 1. The van der Waals surface area contributed by atoms with Gasteiger partial charge in [-0.1, -0.05) is 13.0 Å². The van der Waals surface area contributed by atoms with Crippen molar-refractivity contribution in [2.24, 2.45) is 0 Å². The van der Waals surface area contributed by atoms with E-state index >= 15 is 0 Å². The lowest BCUT2D eigenvalue weighted by atomic mass is 10.2. The summed E-state index contributed by atoms with van der Waals surface area (Å²) in [6, 6.07) is 8.59. The van der Waals surface area contributed by atoms with E-state index in [1.165, 1.54) is 36.3 Å². The minimum absolute atomic E-state index is 0.0978. The third-order valence-electron chi connectivity index (χ3n) is 3.45. The SMILES string of the molecule is CCc1cc(C#N)c(NC(=O)CSCc2ccc(OC)c([N+](=O)[O-])c2)s1.